The molecule has 2 atom stereocenters. The van der Waals surface area contributed by atoms with Gasteiger partial charge in [0.2, 0.25) is 5.92 Å². The Morgan fingerprint density at radius 2 is 2.05 bits per heavy atom. The van der Waals surface area contributed by atoms with Gasteiger partial charge in [-0.3, -0.25) is 4.79 Å². The van der Waals surface area contributed by atoms with Crippen LogP contribution in [0.15, 0.2) is 29.2 Å². The molecule has 0 unspecified atom stereocenters. The SMILES string of the molecule is CCc1nocc1C(=O)N[C@H](c1cn2ncc(CN3C[C@@H](C(F)(F)F)NC3=O)cc2n1)C1CCC(F)(F)CC1. The standard InChI is InChI=1S/C24H26F5N7O3/c1-2-16-15(12-39-34-16)21(37)33-20(14-3-5-23(25,26)6-4-14)17-10-36-19(31-17)7-13(8-30-36)9-35-11-18(24(27,28)29)32-22(35)38/h7-8,10,12,14,18,20H,2-6,9,11H2,1H3,(H,32,38)(H,33,37)/t18-,20-/m0/s1. The first-order chi connectivity index (χ1) is 18.4. The number of urea groups is 1. The predicted molar refractivity (Wildman–Crippen MR) is 125 cm³/mol. The number of halogens is 5. The van der Waals surface area contributed by atoms with Gasteiger partial charge in [0.15, 0.2) is 5.65 Å². The third-order valence-corrected chi connectivity index (χ3v) is 7.21. The number of carbonyl (C=O) groups excluding carboxylic acids is 2. The van der Waals surface area contributed by atoms with Gasteiger partial charge in [-0.1, -0.05) is 12.1 Å². The van der Waals surface area contributed by atoms with Crippen LogP contribution in [0.1, 0.15) is 66.0 Å². The average Bonchev–Trinajstić information content (AvgIpc) is 3.60. The molecule has 210 valence electrons. The Kier molecular flexibility index (Phi) is 6.93. The lowest BCUT2D eigenvalue weighted by Crippen LogP contribution is -2.40. The molecular weight excluding hydrogens is 529 g/mol. The van der Waals surface area contributed by atoms with Crippen LogP contribution in [0, 0.1) is 5.92 Å². The van der Waals surface area contributed by atoms with Crippen molar-refractivity contribution in [3.8, 4) is 0 Å². The second-order valence-electron chi connectivity index (χ2n) is 9.93. The van der Waals surface area contributed by atoms with Crippen molar-refractivity contribution in [2.45, 2.75) is 69.8 Å². The second kappa shape index (κ2) is 10.1. The van der Waals surface area contributed by atoms with E-state index < -0.39 is 42.7 Å². The number of rotatable bonds is 7. The minimum Gasteiger partial charge on any atom is -0.364 e. The first-order valence-corrected chi connectivity index (χ1v) is 12.5. The van der Waals surface area contributed by atoms with Gasteiger partial charge in [0.25, 0.3) is 5.91 Å². The van der Waals surface area contributed by atoms with Crippen LogP contribution < -0.4 is 10.6 Å². The maximum absolute atomic E-state index is 13.9. The Balaban J connectivity index is 1.39. The number of fused-ring (bicyclic) bond motifs is 1. The maximum atomic E-state index is 13.9. The fraction of sp³-hybridized carbons (Fsp3) is 0.542. The van der Waals surface area contributed by atoms with Crippen molar-refractivity contribution in [1.29, 1.82) is 0 Å². The Hall–Kier alpha value is -3.78. The summed E-state index contributed by atoms with van der Waals surface area (Å²) in [7, 11) is 0. The molecule has 2 aliphatic rings. The van der Waals surface area contributed by atoms with Crippen LogP contribution in [0.25, 0.3) is 5.65 Å². The molecule has 5 rings (SSSR count). The zero-order valence-corrected chi connectivity index (χ0v) is 20.8. The highest BCUT2D eigenvalue weighted by Crippen LogP contribution is 2.41. The highest BCUT2D eigenvalue weighted by atomic mass is 19.4. The third kappa shape index (κ3) is 5.66. The van der Waals surface area contributed by atoms with E-state index in [2.05, 4.69) is 20.6 Å². The smallest absolute Gasteiger partial charge is 0.364 e. The van der Waals surface area contributed by atoms with Crippen LogP contribution in [-0.4, -0.2) is 61.3 Å². The quantitative estimate of drug-likeness (QED) is 0.425. The lowest BCUT2D eigenvalue weighted by atomic mass is 9.81. The molecule has 15 heteroatoms. The molecule has 2 N–H and O–H groups in total. The zero-order valence-electron chi connectivity index (χ0n) is 20.8. The number of hydrogen-bond donors (Lipinski definition) is 2. The number of amides is 3. The molecule has 4 heterocycles. The van der Waals surface area contributed by atoms with Crippen LogP contribution in [-0.2, 0) is 13.0 Å². The third-order valence-electron chi connectivity index (χ3n) is 7.21. The molecule has 0 aromatic carbocycles. The van der Waals surface area contributed by atoms with E-state index in [9.17, 15) is 31.5 Å². The highest BCUT2D eigenvalue weighted by molar-refractivity contribution is 5.95. The predicted octanol–water partition coefficient (Wildman–Crippen LogP) is 4.03. The lowest BCUT2D eigenvalue weighted by molar-refractivity contribution is -0.149. The summed E-state index contributed by atoms with van der Waals surface area (Å²) >= 11 is 0. The summed E-state index contributed by atoms with van der Waals surface area (Å²) in [5, 5.41) is 12.9. The maximum Gasteiger partial charge on any atom is 0.410 e. The number of nitrogens with zero attached hydrogens (tertiary/aromatic N) is 5. The minimum absolute atomic E-state index is 0.116. The summed E-state index contributed by atoms with van der Waals surface area (Å²) in [6.45, 7) is 1.17. The molecule has 10 nitrogen and oxygen atoms in total. The van der Waals surface area contributed by atoms with Gasteiger partial charge in [-0.15, -0.1) is 0 Å². The van der Waals surface area contributed by atoms with Crippen molar-refractivity contribution in [2.75, 3.05) is 6.54 Å². The van der Waals surface area contributed by atoms with Crippen LogP contribution >= 0.6 is 0 Å². The van der Waals surface area contributed by atoms with Crippen molar-refractivity contribution in [3.63, 3.8) is 0 Å². The largest absolute Gasteiger partial charge is 0.410 e. The van der Waals surface area contributed by atoms with Crippen molar-refractivity contribution < 1.29 is 36.1 Å². The van der Waals surface area contributed by atoms with E-state index in [-0.39, 0.29) is 43.7 Å². The second-order valence-corrected chi connectivity index (χ2v) is 9.93. The number of aryl methyl sites for hydroxylation is 1. The topological polar surface area (TPSA) is 118 Å². The molecule has 0 radical (unpaired) electrons. The molecule has 1 aliphatic heterocycles. The number of carbonyl (C=O) groups is 2. The molecule has 3 aromatic heterocycles. The molecule has 3 aromatic rings. The number of alkyl halides is 5. The molecule has 0 spiro atoms. The number of aromatic nitrogens is 4. The van der Waals surface area contributed by atoms with Gasteiger partial charge in [0.1, 0.15) is 17.9 Å². The molecule has 39 heavy (non-hydrogen) atoms. The molecule has 1 saturated heterocycles. The van der Waals surface area contributed by atoms with Crippen molar-refractivity contribution in [2.24, 2.45) is 5.92 Å². The van der Waals surface area contributed by atoms with Crippen LogP contribution in [0.4, 0.5) is 26.7 Å². The molecule has 3 amide bonds. The summed E-state index contributed by atoms with van der Waals surface area (Å²) < 4.78 is 73.2. The van der Waals surface area contributed by atoms with Gasteiger partial charge in [0.05, 0.1) is 36.4 Å². The average molecular weight is 556 g/mol. The molecular formula is C24H26F5N7O3. The molecule has 0 bridgehead atoms. The first kappa shape index (κ1) is 26.8. The summed E-state index contributed by atoms with van der Waals surface area (Å²) in [5.74, 6) is -3.56. The van der Waals surface area contributed by atoms with Gasteiger partial charge in [-0.05, 0) is 36.8 Å². The monoisotopic (exact) mass is 555 g/mol. The van der Waals surface area contributed by atoms with E-state index >= 15 is 0 Å². The normalized spacial score (nSPS) is 20.8. The molecule has 1 aliphatic carbocycles. The summed E-state index contributed by atoms with van der Waals surface area (Å²) in [4.78, 5) is 30.7. The minimum atomic E-state index is -4.56. The van der Waals surface area contributed by atoms with Crippen molar-refractivity contribution >= 4 is 17.6 Å². The number of imidazole rings is 1. The van der Waals surface area contributed by atoms with Gasteiger partial charge >= 0.3 is 12.2 Å². The Morgan fingerprint density at radius 3 is 2.72 bits per heavy atom. The van der Waals surface area contributed by atoms with E-state index in [0.29, 0.717) is 29.0 Å². The fourth-order valence-corrected chi connectivity index (χ4v) is 5.05. The lowest BCUT2D eigenvalue weighted by Gasteiger charge is -2.33. The summed E-state index contributed by atoms with van der Waals surface area (Å²) in [6, 6.07) is -1.92. The Bertz CT molecular complexity index is 1360. The van der Waals surface area contributed by atoms with E-state index in [1.54, 1.807) is 12.3 Å². The molecule has 2 fully saturated rings. The fourth-order valence-electron chi connectivity index (χ4n) is 5.05. The van der Waals surface area contributed by atoms with Gasteiger partial charge in [0, 0.05) is 19.4 Å². The number of hydrogen-bond acceptors (Lipinski definition) is 6. The zero-order chi connectivity index (χ0) is 27.9. The van der Waals surface area contributed by atoms with Crippen molar-refractivity contribution in [1.82, 2.24) is 35.3 Å². The highest BCUT2D eigenvalue weighted by Gasteiger charge is 2.47. The van der Waals surface area contributed by atoms with Crippen LogP contribution in [0.3, 0.4) is 0 Å². The Morgan fingerprint density at radius 1 is 1.31 bits per heavy atom. The van der Waals surface area contributed by atoms with Gasteiger partial charge in [-0.2, -0.15) is 18.3 Å². The van der Waals surface area contributed by atoms with E-state index in [0.717, 1.165) is 4.90 Å². The Labute approximate surface area is 218 Å². The summed E-state index contributed by atoms with van der Waals surface area (Å²) in [6.07, 6.45) is -0.182. The van der Waals surface area contributed by atoms with Crippen LogP contribution in [0.2, 0.25) is 0 Å². The van der Waals surface area contributed by atoms with E-state index in [1.165, 1.54) is 17.0 Å². The van der Waals surface area contributed by atoms with E-state index in [1.807, 2.05) is 12.2 Å². The summed E-state index contributed by atoms with van der Waals surface area (Å²) in [5.41, 5.74) is 1.88. The molecule has 1 saturated carbocycles. The van der Waals surface area contributed by atoms with Crippen LogP contribution in [0.5, 0.6) is 0 Å². The number of nitrogens with one attached hydrogen (secondary N) is 2. The first-order valence-electron chi connectivity index (χ1n) is 12.5. The van der Waals surface area contributed by atoms with E-state index in [4.69, 9.17) is 4.52 Å². The van der Waals surface area contributed by atoms with Gasteiger partial charge < -0.3 is 20.1 Å². The van der Waals surface area contributed by atoms with Crippen molar-refractivity contribution in [3.05, 3.63) is 47.2 Å². The van der Waals surface area contributed by atoms with Gasteiger partial charge in [-0.25, -0.2) is 23.1 Å².